The number of primary amides is 1. The standard InChI is InChI=1S/C19H19N5O/c20-18(25)17(12-13-4-2-1-3-5-13)23-15-8-6-14(7-9-15)16-10-11-22-19(21)24-16/h1-11,17,23H,12H2,(H2,20,25)(H2,21,22,24)/t17-/m1/s1. The van der Waals surface area contributed by atoms with Crippen molar-refractivity contribution in [3.05, 3.63) is 72.4 Å². The lowest BCUT2D eigenvalue weighted by atomic mass is 10.0. The highest BCUT2D eigenvalue weighted by Crippen LogP contribution is 2.20. The first-order valence-electron chi connectivity index (χ1n) is 7.90. The van der Waals surface area contributed by atoms with Crippen LogP contribution in [0.5, 0.6) is 0 Å². The van der Waals surface area contributed by atoms with Gasteiger partial charge in [-0.2, -0.15) is 0 Å². The van der Waals surface area contributed by atoms with Crippen molar-refractivity contribution in [2.45, 2.75) is 12.5 Å². The number of hydrogen-bond donors (Lipinski definition) is 3. The van der Waals surface area contributed by atoms with E-state index in [1.54, 1.807) is 12.3 Å². The number of nitrogens with zero attached hydrogens (tertiary/aromatic N) is 2. The predicted octanol–water partition coefficient (Wildman–Crippen LogP) is 2.23. The van der Waals surface area contributed by atoms with E-state index in [9.17, 15) is 4.79 Å². The monoisotopic (exact) mass is 333 g/mol. The van der Waals surface area contributed by atoms with Crippen molar-refractivity contribution >= 4 is 17.5 Å². The van der Waals surface area contributed by atoms with Crippen LogP contribution < -0.4 is 16.8 Å². The molecule has 0 fully saturated rings. The van der Waals surface area contributed by atoms with E-state index in [1.165, 1.54) is 0 Å². The number of nitrogen functional groups attached to an aromatic ring is 1. The first kappa shape index (κ1) is 16.4. The maximum atomic E-state index is 11.8. The first-order valence-corrected chi connectivity index (χ1v) is 7.90. The molecule has 1 heterocycles. The predicted molar refractivity (Wildman–Crippen MR) is 98.6 cm³/mol. The zero-order chi connectivity index (χ0) is 17.6. The molecule has 0 spiro atoms. The molecule has 0 aliphatic rings. The minimum Gasteiger partial charge on any atom is -0.373 e. The lowest BCUT2D eigenvalue weighted by Crippen LogP contribution is -2.37. The Morgan fingerprint density at radius 3 is 2.40 bits per heavy atom. The van der Waals surface area contributed by atoms with Gasteiger partial charge in [0, 0.05) is 23.9 Å². The second kappa shape index (κ2) is 7.44. The largest absolute Gasteiger partial charge is 0.373 e. The Hall–Kier alpha value is -3.41. The van der Waals surface area contributed by atoms with E-state index in [2.05, 4.69) is 15.3 Å². The SMILES string of the molecule is NC(=O)[C@@H](Cc1ccccc1)Nc1ccc(-c2ccnc(N)n2)cc1. The zero-order valence-electron chi connectivity index (χ0n) is 13.6. The minimum atomic E-state index is -0.483. The molecule has 0 aliphatic heterocycles. The summed E-state index contributed by atoms with van der Waals surface area (Å²) in [5, 5.41) is 3.19. The first-order chi connectivity index (χ1) is 12.1. The summed E-state index contributed by atoms with van der Waals surface area (Å²) in [7, 11) is 0. The van der Waals surface area contributed by atoms with Gasteiger partial charge in [0.2, 0.25) is 11.9 Å². The van der Waals surface area contributed by atoms with Crippen molar-refractivity contribution in [1.82, 2.24) is 9.97 Å². The number of hydrogen-bond acceptors (Lipinski definition) is 5. The molecule has 1 atom stereocenters. The van der Waals surface area contributed by atoms with Gasteiger partial charge in [-0.3, -0.25) is 4.79 Å². The third-order valence-corrected chi connectivity index (χ3v) is 3.82. The molecule has 1 amide bonds. The van der Waals surface area contributed by atoms with Crippen molar-refractivity contribution < 1.29 is 4.79 Å². The Balaban J connectivity index is 1.73. The zero-order valence-corrected chi connectivity index (χ0v) is 13.6. The van der Waals surface area contributed by atoms with Crippen molar-refractivity contribution in [2.24, 2.45) is 5.73 Å². The second-order valence-electron chi connectivity index (χ2n) is 5.67. The molecule has 2 aromatic carbocycles. The smallest absolute Gasteiger partial charge is 0.240 e. The summed E-state index contributed by atoms with van der Waals surface area (Å²) in [5.74, 6) is -0.159. The Morgan fingerprint density at radius 1 is 1.04 bits per heavy atom. The van der Waals surface area contributed by atoms with Gasteiger partial charge in [0.25, 0.3) is 0 Å². The van der Waals surface area contributed by atoms with E-state index < -0.39 is 11.9 Å². The Morgan fingerprint density at radius 2 is 1.76 bits per heavy atom. The van der Waals surface area contributed by atoms with Crippen LogP contribution in [0.2, 0.25) is 0 Å². The number of aromatic nitrogens is 2. The van der Waals surface area contributed by atoms with E-state index in [1.807, 2.05) is 54.6 Å². The van der Waals surface area contributed by atoms with Crippen LogP contribution in [-0.2, 0) is 11.2 Å². The molecular formula is C19H19N5O. The van der Waals surface area contributed by atoms with Crippen molar-refractivity contribution in [2.75, 3.05) is 11.1 Å². The van der Waals surface area contributed by atoms with Gasteiger partial charge in [-0.15, -0.1) is 0 Å². The summed E-state index contributed by atoms with van der Waals surface area (Å²) >= 11 is 0. The number of anilines is 2. The van der Waals surface area contributed by atoms with Gasteiger partial charge in [0.1, 0.15) is 6.04 Å². The molecule has 0 radical (unpaired) electrons. The van der Waals surface area contributed by atoms with Crippen LogP contribution in [0.3, 0.4) is 0 Å². The third kappa shape index (κ3) is 4.32. The fraction of sp³-hybridized carbons (Fsp3) is 0.105. The Labute approximate surface area is 145 Å². The topological polar surface area (TPSA) is 107 Å². The van der Waals surface area contributed by atoms with E-state index in [-0.39, 0.29) is 5.95 Å². The molecular weight excluding hydrogens is 314 g/mol. The number of amides is 1. The summed E-state index contributed by atoms with van der Waals surface area (Å²) in [6, 6.07) is 18.7. The average molecular weight is 333 g/mol. The molecule has 0 bridgehead atoms. The van der Waals surface area contributed by atoms with Crippen LogP contribution in [-0.4, -0.2) is 21.9 Å². The summed E-state index contributed by atoms with van der Waals surface area (Å²) < 4.78 is 0. The van der Waals surface area contributed by atoms with Gasteiger partial charge in [-0.1, -0.05) is 42.5 Å². The van der Waals surface area contributed by atoms with E-state index in [4.69, 9.17) is 11.5 Å². The van der Waals surface area contributed by atoms with Gasteiger partial charge in [-0.25, -0.2) is 9.97 Å². The highest BCUT2D eigenvalue weighted by atomic mass is 16.1. The van der Waals surface area contributed by atoms with Crippen molar-refractivity contribution in [1.29, 1.82) is 0 Å². The highest BCUT2D eigenvalue weighted by Gasteiger charge is 2.15. The average Bonchev–Trinajstić information content (AvgIpc) is 2.62. The van der Waals surface area contributed by atoms with Crippen LogP contribution >= 0.6 is 0 Å². The molecule has 0 saturated carbocycles. The van der Waals surface area contributed by atoms with E-state index >= 15 is 0 Å². The third-order valence-electron chi connectivity index (χ3n) is 3.82. The molecule has 3 rings (SSSR count). The molecule has 0 aliphatic carbocycles. The van der Waals surface area contributed by atoms with Gasteiger partial charge in [0.15, 0.2) is 0 Å². The number of carbonyl (C=O) groups is 1. The number of nitrogens with two attached hydrogens (primary N) is 2. The molecule has 1 aromatic heterocycles. The molecule has 3 aromatic rings. The lowest BCUT2D eigenvalue weighted by molar-refractivity contribution is -0.118. The number of rotatable bonds is 6. The summed E-state index contributed by atoms with van der Waals surface area (Å²) in [6.07, 6.45) is 2.15. The van der Waals surface area contributed by atoms with E-state index in [0.29, 0.717) is 6.42 Å². The van der Waals surface area contributed by atoms with Crippen LogP contribution in [0.15, 0.2) is 66.9 Å². The maximum Gasteiger partial charge on any atom is 0.240 e. The quantitative estimate of drug-likeness (QED) is 0.641. The lowest BCUT2D eigenvalue weighted by Gasteiger charge is -2.17. The molecule has 0 saturated heterocycles. The molecule has 126 valence electrons. The molecule has 0 unspecified atom stereocenters. The molecule has 5 N–H and O–H groups in total. The summed E-state index contributed by atoms with van der Waals surface area (Å²) in [4.78, 5) is 19.8. The number of nitrogens with one attached hydrogen (secondary N) is 1. The van der Waals surface area contributed by atoms with Crippen LogP contribution in [0.4, 0.5) is 11.6 Å². The van der Waals surface area contributed by atoms with Crippen molar-refractivity contribution in [3.8, 4) is 11.3 Å². The van der Waals surface area contributed by atoms with Crippen LogP contribution in [0.25, 0.3) is 11.3 Å². The maximum absolute atomic E-state index is 11.8. The molecule has 25 heavy (non-hydrogen) atoms. The van der Waals surface area contributed by atoms with Gasteiger partial charge in [0.05, 0.1) is 5.69 Å². The highest BCUT2D eigenvalue weighted by molar-refractivity contribution is 5.83. The summed E-state index contributed by atoms with van der Waals surface area (Å²) in [5.41, 5.74) is 14.7. The molecule has 6 nitrogen and oxygen atoms in total. The summed E-state index contributed by atoms with van der Waals surface area (Å²) in [6.45, 7) is 0. The fourth-order valence-electron chi connectivity index (χ4n) is 2.55. The normalized spacial score (nSPS) is 11.7. The van der Waals surface area contributed by atoms with Gasteiger partial charge < -0.3 is 16.8 Å². The molecule has 6 heteroatoms. The van der Waals surface area contributed by atoms with Gasteiger partial charge >= 0.3 is 0 Å². The minimum absolute atomic E-state index is 0.233. The second-order valence-corrected chi connectivity index (χ2v) is 5.67. The van der Waals surface area contributed by atoms with Crippen LogP contribution in [0, 0.1) is 0 Å². The van der Waals surface area contributed by atoms with Gasteiger partial charge in [-0.05, 0) is 23.8 Å². The van der Waals surface area contributed by atoms with Crippen LogP contribution in [0.1, 0.15) is 5.56 Å². The fourth-order valence-corrected chi connectivity index (χ4v) is 2.55. The number of carbonyl (C=O) groups excluding carboxylic acids is 1. The van der Waals surface area contributed by atoms with Crippen molar-refractivity contribution in [3.63, 3.8) is 0 Å². The number of benzene rings is 2. The Kier molecular flexibility index (Phi) is 4.89. The van der Waals surface area contributed by atoms with E-state index in [0.717, 1.165) is 22.5 Å². The Bertz CT molecular complexity index is 849.